The number of anilines is 1. The lowest BCUT2D eigenvalue weighted by Gasteiger charge is -2.28. The van der Waals surface area contributed by atoms with E-state index in [1.54, 1.807) is 9.80 Å². The predicted octanol–water partition coefficient (Wildman–Crippen LogP) is 2.68. The van der Waals surface area contributed by atoms with Crippen LogP contribution in [0.3, 0.4) is 0 Å². The summed E-state index contributed by atoms with van der Waals surface area (Å²) >= 11 is 0. The first kappa shape index (κ1) is 16.1. The third-order valence-electron chi connectivity index (χ3n) is 3.96. The molecule has 24 heavy (non-hydrogen) atoms. The number of amides is 2. The van der Waals surface area contributed by atoms with E-state index in [0.29, 0.717) is 18.7 Å². The lowest BCUT2D eigenvalue weighted by atomic mass is 10.3. The molecule has 5 nitrogen and oxygen atoms in total. The van der Waals surface area contributed by atoms with Crippen LogP contribution in [-0.2, 0) is 9.59 Å². The Kier molecular flexibility index (Phi) is 5.11. The number of ether oxygens (including phenoxy) is 1. The minimum absolute atomic E-state index is 0.0685. The fourth-order valence-corrected chi connectivity index (χ4v) is 2.68. The van der Waals surface area contributed by atoms with Gasteiger partial charge in [-0.15, -0.1) is 0 Å². The number of para-hydroxylation sites is 2. The SMILES string of the molecule is O=C1CCCN1CN(C(=O)COc1ccccc1)c1ccccc1. The lowest BCUT2D eigenvalue weighted by molar-refractivity contribution is -0.128. The van der Waals surface area contributed by atoms with Crippen molar-refractivity contribution in [2.75, 3.05) is 24.7 Å². The molecule has 0 radical (unpaired) electrons. The van der Waals surface area contributed by atoms with Crippen LogP contribution in [0.1, 0.15) is 12.8 Å². The van der Waals surface area contributed by atoms with Crippen LogP contribution in [0.2, 0.25) is 0 Å². The van der Waals surface area contributed by atoms with Crippen LogP contribution in [0.4, 0.5) is 5.69 Å². The van der Waals surface area contributed by atoms with Gasteiger partial charge in [-0.1, -0.05) is 36.4 Å². The molecule has 1 aliphatic rings. The van der Waals surface area contributed by atoms with E-state index in [4.69, 9.17) is 4.74 Å². The molecule has 3 rings (SSSR count). The summed E-state index contributed by atoms with van der Waals surface area (Å²) in [7, 11) is 0. The topological polar surface area (TPSA) is 49.9 Å². The molecule has 0 bridgehead atoms. The molecule has 0 atom stereocenters. The van der Waals surface area contributed by atoms with Crippen LogP contribution in [0.15, 0.2) is 60.7 Å². The quantitative estimate of drug-likeness (QED) is 0.821. The molecule has 1 heterocycles. The Bertz CT molecular complexity index is 688. The van der Waals surface area contributed by atoms with Crippen LogP contribution in [0.5, 0.6) is 5.75 Å². The van der Waals surface area contributed by atoms with Crippen molar-refractivity contribution in [2.45, 2.75) is 12.8 Å². The first-order valence-electron chi connectivity index (χ1n) is 8.05. The summed E-state index contributed by atoms with van der Waals surface area (Å²) in [5.41, 5.74) is 0.763. The van der Waals surface area contributed by atoms with Gasteiger partial charge >= 0.3 is 0 Å². The molecule has 0 aliphatic carbocycles. The second kappa shape index (κ2) is 7.64. The van der Waals surface area contributed by atoms with E-state index >= 15 is 0 Å². The van der Waals surface area contributed by atoms with Gasteiger partial charge in [-0.05, 0) is 30.7 Å². The van der Waals surface area contributed by atoms with Crippen molar-refractivity contribution in [3.05, 3.63) is 60.7 Å². The zero-order valence-corrected chi connectivity index (χ0v) is 13.4. The number of hydrogen-bond acceptors (Lipinski definition) is 3. The largest absolute Gasteiger partial charge is 0.484 e. The summed E-state index contributed by atoms with van der Waals surface area (Å²) in [5.74, 6) is 0.563. The predicted molar refractivity (Wildman–Crippen MR) is 91.7 cm³/mol. The smallest absolute Gasteiger partial charge is 0.266 e. The van der Waals surface area contributed by atoms with Gasteiger partial charge in [0.1, 0.15) is 12.4 Å². The number of benzene rings is 2. The van der Waals surface area contributed by atoms with Crippen molar-refractivity contribution in [1.29, 1.82) is 0 Å². The summed E-state index contributed by atoms with van der Waals surface area (Å²) < 4.78 is 5.57. The standard InChI is InChI=1S/C19H20N2O3/c22-18-12-7-13-20(18)15-21(16-8-3-1-4-9-16)19(23)14-24-17-10-5-2-6-11-17/h1-6,8-11H,7,12-15H2. The third-order valence-corrected chi connectivity index (χ3v) is 3.96. The summed E-state index contributed by atoms with van der Waals surface area (Å²) in [6, 6.07) is 18.6. The molecule has 1 fully saturated rings. The number of hydrogen-bond donors (Lipinski definition) is 0. The highest BCUT2D eigenvalue weighted by atomic mass is 16.5. The molecule has 0 aromatic heterocycles. The highest BCUT2D eigenvalue weighted by Crippen LogP contribution is 2.18. The molecule has 5 heteroatoms. The van der Waals surface area contributed by atoms with E-state index in [9.17, 15) is 9.59 Å². The van der Waals surface area contributed by atoms with E-state index in [1.165, 1.54) is 0 Å². The Morgan fingerprint density at radius 1 is 1.04 bits per heavy atom. The van der Waals surface area contributed by atoms with Crippen molar-refractivity contribution in [3.63, 3.8) is 0 Å². The molecule has 0 saturated carbocycles. The lowest BCUT2D eigenvalue weighted by Crippen LogP contribution is -2.44. The third kappa shape index (κ3) is 3.93. The highest BCUT2D eigenvalue weighted by molar-refractivity contribution is 5.95. The Hall–Kier alpha value is -2.82. The van der Waals surface area contributed by atoms with Crippen LogP contribution in [0.25, 0.3) is 0 Å². The van der Waals surface area contributed by atoms with Gasteiger partial charge in [0.15, 0.2) is 6.61 Å². The number of likely N-dealkylation sites (tertiary alicyclic amines) is 1. The van der Waals surface area contributed by atoms with Crippen LogP contribution >= 0.6 is 0 Å². The summed E-state index contributed by atoms with van der Waals surface area (Å²) in [6.07, 6.45) is 1.40. The Morgan fingerprint density at radius 2 is 1.71 bits per heavy atom. The first-order valence-corrected chi connectivity index (χ1v) is 8.05. The van der Waals surface area contributed by atoms with Crippen LogP contribution in [-0.4, -0.2) is 36.5 Å². The number of rotatable bonds is 6. The van der Waals surface area contributed by atoms with Gasteiger partial charge < -0.3 is 9.64 Å². The molecule has 2 amide bonds. The van der Waals surface area contributed by atoms with Gasteiger partial charge in [0.25, 0.3) is 5.91 Å². The number of carbonyl (C=O) groups excluding carboxylic acids is 2. The second-order valence-corrected chi connectivity index (χ2v) is 5.66. The van der Waals surface area contributed by atoms with E-state index in [-0.39, 0.29) is 25.1 Å². The van der Waals surface area contributed by atoms with Crippen molar-refractivity contribution in [2.24, 2.45) is 0 Å². The maximum atomic E-state index is 12.7. The minimum Gasteiger partial charge on any atom is -0.484 e. The average molecular weight is 324 g/mol. The minimum atomic E-state index is -0.176. The monoisotopic (exact) mass is 324 g/mol. The van der Waals surface area contributed by atoms with Crippen molar-refractivity contribution in [1.82, 2.24) is 4.90 Å². The molecule has 0 unspecified atom stereocenters. The van der Waals surface area contributed by atoms with E-state index in [0.717, 1.165) is 12.1 Å². The fraction of sp³-hybridized carbons (Fsp3) is 0.263. The summed E-state index contributed by atoms with van der Waals surface area (Å²) in [5, 5.41) is 0. The molecule has 1 aliphatic heterocycles. The highest BCUT2D eigenvalue weighted by Gasteiger charge is 2.25. The molecular weight excluding hydrogens is 304 g/mol. The molecule has 124 valence electrons. The molecule has 0 N–H and O–H groups in total. The number of nitrogens with zero attached hydrogens (tertiary/aromatic N) is 2. The second-order valence-electron chi connectivity index (χ2n) is 5.66. The van der Waals surface area contributed by atoms with E-state index in [1.807, 2.05) is 60.7 Å². The van der Waals surface area contributed by atoms with E-state index in [2.05, 4.69) is 0 Å². The Labute approximate surface area is 141 Å². The normalized spacial score (nSPS) is 13.8. The maximum absolute atomic E-state index is 12.7. The zero-order valence-electron chi connectivity index (χ0n) is 13.4. The van der Waals surface area contributed by atoms with Crippen molar-refractivity contribution >= 4 is 17.5 Å². The first-order chi connectivity index (χ1) is 11.7. The average Bonchev–Trinajstić information content (AvgIpc) is 3.04. The summed E-state index contributed by atoms with van der Waals surface area (Å²) in [6.45, 7) is 0.885. The molecule has 2 aromatic rings. The van der Waals surface area contributed by atoms with Gasteiger partial charge in [-0.25, -0.2) is 0 Å². The van der Waals surface area contributed by atoms with Gasteiger partial charge in [0.2, 0.25) is 5.91 Å². The molecule has 1 saturated heterocycles. The van der Waals surface area contributed by atoms with Crippen LogP contribution in [0, 0.1) is 0 Å². The van der Waals surface area contributed by atoms with Gasteiger partial charge in [0.05, 0.1) is 0 Å². The summed E-state index contributed by atoms with van der Waals surface area (Å²) in [4.78, 5) is 27.9. The van der Waals surface area contributed by atoms with E-state index < -0.39 is 0 Å². The fourth-order valence-electron chi connectivity index (χ4n) is 2.68. The van der Waals surface area contributed by atoms with Gasteiger partial charge in [-0.3, -0.25) is 14.5 Å². The molecule has 2 aromatic carbocycles. The molecular formula is C19H20N2O3. The molecule has 0 spiro atoms. The zero-order chi connectivity index (χ0) is 16.8. The Morgan fingerprint density at radius 3 is 2.33 bits per heavy atom. The van der Waals surface area contributed by atoms with Crippen molar-refractivity contribution in [3.8, 4) is 5.75 Å². The van der Waals surface area contributed by atoms with Gasteiger partial charge in [-0.2, -0.15) is 0 Å². The van der Waals surface area contributed by atoms with Crippen molar-refractivity contribution < 1.29 is 14.3 Å². The van der Waals surface area contributed by atoms with Crippen LogP contribution < -0.4 is 9.64 Å². The maximum Gasteiger partial charge on any atom is 0.266 e. The Balaban J connectivity index is 1.71. The van der Waals surface area contributed by atoms with Gasteiger partial charge in [0, 0.05) is 18.7 Å². The number of carbonyl (C=O) groups is 2.